The summed E-state index contributed by atoms with van der Waals surface area (Å²) < 4.78 is 45.3. The maximum absolute atomic E-state index is 13.3. The predicted molar refractivity (Wildman–Crippen MR) is 104 cm³/mol. The number of guanidine groups is 1. The van der Waals surface area contributed by atoms with Gasteiger partial charge in [0.25, 0.3) is 0 Å². The van der Waals surface area contributed by atoms with Crippen molar-refractivity contribution in [3.63, 3.8) is 0 Å². The minimum atomic E-state index is -4.44. The van der Waals surface area contributed by atoms with E-state index in [9.17, 15) is 13.2 Å². The van der Waals surface area contributed by atoms with Crippen LogP contribution in [0.25, 0.3) is 0 Å². The molecule has 2 N–H and O–H groups in total. The first-order valence-electron chi connectivity index (χ1n) is 8.04. The van der Waals surface area contributed by atoms with E-state index in [0.29, 0.717) is 17.9 Å². The zero-order chi connectivity index (χ0) is 17.9. The SMILES string of the molecule is CN=C(NCc1ccc(OC(C)C)cc1C(F)(F)F)NC1CC1C.I. The molecule has 0 aromatic heterocycles. The second-order valence-electron chi connectivity index (χ2n) is 6.37. The number of aliphatic imine (C=N–C) groups is 1. The van der Waals surface area contributed by atoms with Crippen LogP contribution in [0.2, 0.25) is 0 Å². The fourth-order valence-electron chi connectivity index (χ4n) is 2.39. The van der Waals surface area contributed by atoms with E-state index >= 15 is 0 Å². The molecule has 1 aromatic carbocycles. The van der Waals surface area contributed by atoms with Gasteiger partial charge in [0, 0.05) is 19.6 Å². The maximum Gasteiger partial charge on any atom is 0.416 e. The number of nitrogens with one attached hydrogen (secondary N) is 2. The third-order valence-electron chi connectivity index (χ3n) is 3.86. The van der Waals surface area contributed by atoms with Crippen molar-refractivity contribution in [1.82, 2.24) is 10.6 Å². The van der Waals surface area contributed by atoms with Gasteiger partial charge in [-0.1, -0.05) is 13.0 Å². The van der Waals surface area contributed by atoms with Gasteiger partial charge in [-0.05, 0) is 43.9 Å². The van der Waals surface area contributed by atoms with Gasteiger partial charge in [0.05, 0.1) is 11.7 Å². The minimum Gasteiger partial charge on any atom is -0.491 e. The van der Waals surface area contributed by atoms with Crippen LogP contribution in [0.5, 0.6) is 5.75 Å². The molecule has 2 rings (SSSR count). The number of benzene rings is 1. The first kappa shape index (κ1) is 21.9. The average molecular weight is 471 g/mol. The van der Waals surface area contributed by atoms with Crippen LogP contribution in [0.15, 0.2) is 23.2 Å². The van der Waals surface area contributed by atoms with E-state index in [1.165, 1.54) is 6.07 Å². The van der Waals surface area contributed by atoms with Gasteiger partial charge in [-0.2, -0.15) is 13.2 Å². The summed E-state index contributed by atoms with van der Waals surface area (Å²) in [6, 6.07) is 4.40. The number of hydrogen-bond donors (Lipinski definition) is 2. The van der Waals surface area contributed by atoms with Gasteiger partial charge in [-0.3, -0.25) is 4.99 Å². The van der Waals surface area contributed by atoms with Crippen molar-refractivity contribution >= 4 is 29.9 Å². The molecule has 0 heterocycles. The highest BCUT2D eigenvalue weighted by Gasteiger charge is 2.35. The number of hydrogen-bond acceptors (Lipinski definition) is 2. The second-order valence-corrected chi connectivity index (χ2v) is 6.37. The zero-order valence-electron chi connectivity index (χ0n) is 14.8. The molecule has 0 spiro atoms. The zero-order valence-corrected chi connectivity index (χ0v) is 17.1. The van der Waals surface area contributed by atoms with E-state index in [1.807, 2.05) is 0 Å². The molecule has 1 aliphatic carbocycles. The van der Waals surface area contributed by atoms with Crippen molar-refractivity contribution in [1.29, 1.82) is 0 Å². The highest BCUT2D eigenvalue weighted by molar-refractivity contribution is 14.0. The Labute approximate surface area is 163 Å². The Balaban J connectivity index is 0.00000312. The van der Waals surface area contributed by atoms with Crippen molar-refractivity contribution in [2.75, 3.05) is 7.05 Å². The summed E-state index contributed by atoms with van der Waals surface area (Å²) in [5.41, 5.74) is -0.534. The van der Waals surface area contributed by atoms with Crippen LogP contribution in [0.4, 0.5) is 13.2 Å². The maximum atomic E-state index is 13.3. The summed E-state index contributed by atoms with van der Waals surface area (Å²) in [7, 11) is 1.60. The normalized spacial score (nSPS) is 20.1. The molecule has 0 amide bonds. The van der Waals surface area contributed by atoms with Gasteiger partial charge < -0.3 is 15.4 Å². The van der Waals surface area contributed by atoms with Crippen LogP contribution in [0.3, 0.4) is 0 Å². The predicted octanol–water partition coefficient (Wildman–Crippen LogP) is 4.18. The molecule has 0 saturated heterocycles. The monoisotopic (exact) mass is 471 g/mol. The summed E-state index contributed by atoms with van der Waals surface area (Å²) in [5, 5.41) is 6.14. The Kier molecular flexibility index (Phi) is 7.83. The summed E-state index contributed by atoms with van der Waals surface area (Å²) in [6.07, 6.45) is -3.57. The largest absolute Gasteiger partial charge is 0.491 e. The highest BCUT2D eigenvalue weighted by Crippen LogP contribution is 2.34. The van der Waals surface area contributed by atoms with Crippen LogP contribution in [-0.4, -0.2) is 25.2 Å². The molecule has 0 radical (unpaired) electrons. The smallest absolute Gasteiger partial charge is 0.416 e. The number of halogens is 4. The molecule has 25 heavy (non-hydrogen) atoms. The summed E-state index contributed by atoms with van der Waals surface area (Å²) in [4.78, 5) is 4.05. The van der Waals surface area contributed by atoms with Crippen LogP contribution >= 0.6 is 24.0 Å². The van der Waals surface area contributed by atoms with Crippen LogP contribution in [0, 0.1) is 5.92 Å². The summed E-state index contributed by atoms with van der Waals surface area (Å²) in [6.45, 7) is 5.70. The van der Waals surface area contributed by atoms with E-state index in [1.54, 1.807) is 27.0 Å². The van der Waals surface area contributed by atoms with Crippen LogP contribution < -0.4 is 15.4 Å². The van der Waals surface area contributed by atoms with Gasteiger partial charge in [0.1, 0.15) is 5.75 Å². The lowest BCUT2D eigenvalue weighted by Gasteiger charge is -2.18. The standard InChI is InChI=1S/C17H24F3N3O.HI/c1-10(2)24-13-6-5-12(14(8-13)17(18,19)20)9-22-16(21-4)23-15-7-11(15)3;/h5-6,8,10-11,15H,7,9H2,1-4H3,(H2,21,22,23);1H. The van der Waals surface area contributed by atoms with E-state index in [0.717, 1.165) is 12.5 Å². The minimum absolute atomic E-state index is 0. The van der Waals surface area contributed by atoms with Gasteiger partial charge in [0.15, 0.2) is 5.96 Å². The first-order valence-corrected chi connectivity index (χ1v) is 8.04. The Morgan fingerprint density at radius 3 is 2.48 bits per heavy atom. The van der Waals surface area contributed by atoms with E-state index in [-0.39, 0.29) is 47.9 Å². The molecule has 1 saturated carbocycles. The molecular formula is C17H25F3IN3O. The van der Waals surface area contributed by atoms with Crippen molar-refractivity contribution in [3.05, 3.63) is 29.3 Å². The van der Waals surface area contributed by atoms with Gasteiger partial charge in [-0.15, -0.1) is 24.0 Å². The fraction of sp³-hybridized carbons (Fsp3) is 0.588. The van der Waals surface area contributed by atoms with Crippen LogP contribution in [-0.2, 0) is 12.7 Å². The highest BCUT2D eigenvalue weighted by atomic mass is 127. The van der Waals surface area contributed by atoms with E-state index < -0.39 is 11.7 Å². The van der Waals surface area contributed by atoms with E-state index in [2.05, 4.69) is 22.5 Å². The lowest BCUT2D eigenvalue weighted by Crippen LogP contribution is -2.38. The summed E-state index contributed by atoms with van der Waals surface area (Å²) >= 11 is 0. The van der Waals surface area contributed by atoms with Gasteiger partial charge >= 0.3 is 6.18 Å². The average Bonchev–Trinajstić information content (AvgIpc) is 3.17. The molecule has 1 aromatic rings. The third kappa shape index (κ3) is 6.56. The molecule has 2 atom stereocenters. The fourth-order valence-corrected chi connectivity index (χ4v) is 2.39. The third-order valence-corrected chi connectivity index (χ3v) is 3.86. The van der Waals surface area contributed by atoms with E-state index in [4.69, 9.17) is 4.74 Å². The topological polar surface area (TPSA) is 45.7 Å². The summed E-state index contributed by atoms with van der Waals surface area (Å²) in [5.74, 6) is 1.30. The number of nitrogens with zero attached hydrogens (tertiary/aromatic N) is 1. The quantitative estimate of drug-likeness (QED) is 0.385. The molecular weight excluding hydrogens is 446 g/mol. The molecule has 142 valence electrons. The van der Waals surface area contributed by atoms with Gasteiger partial charge in [-0.25, -0.2) is 0 Å². The molecule has 0 bridgehead atoms. The Morgan fingerprint density at radius 2 is 2.00 bits per heavy atom. The lowest BCUT2D eigenvalue weighted by atomic mass is 10.1. The Morgan fingerprint density at radius 1 is 1.36 bits per heavy atom. The van der Waals surface area contributed by atoms with Crippen molar-refractivity contribution < 1.29 is 17.9 Å². The van der Waals surface area contributed by atoms with Crippen molar-refractivity contribution in [3.8, 4) is 5.75 Å². The molecule has 0 aliphatic heterocycles. The molecule has 1 aliphatic rings. The number of alkyl halides is 3. The molecule has 1 fully saturated rings. The lowest BCUT2D eigenvalue weighted by molar-refractivity contribution is -0.138. The second kappa shape index (κ2) is 8.95. The molecule has 8 heteroatoms. The van der Waals surface area contributed by atoms with Crippen LogP contribution in [0.1, 0.15) is 38.3 Å². The Hall–Kier alpha value is -1.19. The Bertz CT molecular complexity index is 605. The molecule has 4 nitrogen and oxygen atoms in total. The first-order chi connectivity index (χ1) is 11.2. The number of ether oxygens (including phenoxy) is 1. The number of rotatable bonds is 5. The van der Waals surface area contributed by atoms with Crippen molar-refractivity contribution in [2.45, 2.75) is 52.1 Å². The van der Waals surface area contributed by atoms with Crippen molar-refractivity contribution in [2.24, 2.45) is 10.9 Å². The van der Waals surface area contributed by atoms with Gasteiger partial charge in [0.2, 0.25) is 0 Å². The molecule has 2 unspecified atom stereocenters.